The molecule has 1 aromatic rings. The Morgan fingerprint density at radius 3 is 2.62 bits per heavy atom. The predicted octanol–water partition coefficient (Wildman–Crippen LogP) is 1.78. The van der Waals surface area contributed by atoms with Gasteiger partial charge in [-0.3, -0.25) is 0 Å². The summed E-state index contributed by atoms with van der Waals surface area (Å²) >= 11 is 0. The summed E-state index contributed by atoms with van der Waals surface area (Å²) in [6.07, 6.45) is 1.12. The maximum Gasteiger partial charge on any atom is 0.165 e. The molecule has 0 saturated heterocycles. The Kier molecular flexibility index (Phi) is 4.41. The minimum Gasteiger partial charge on any atom is -0.310 e. The van der Waals surface area contributed by atoms with E-state index in [1.54, 1.807) is 0 Å². The number of nitrogens with one attached hydrogen (secondary N) is 1. The van der Waals surface area contributed by atoms with Gasteiger partial charge in [0.2, 0.25) is 0 Å². The first-order valence-electron chi connectivity index (χ1n) is 5.94. The van der Waals surface area contributed by atoms with E-state index in [0.717, 1.165) is 25.3 Å². The molecule has 16 heavy (non-hydrogen) atoms. The van der Waals surface area contributed by atoms with Crippen molar-refractivity contribution in [1.29, 1.82) is 0 Å². The van der Waals surface area contributed by atoms with Crippen molar-refractivity contribution in [1.82, 2.24) is 25.5 Å². The third-order valence-corrected chi connectivity index (χ3v) is 2.89. The molecule has 5 nitrogen and oxygen atoms in total. The van der Waals surface area contributed by atoms with Crippen molar-refractivity contribution >= 4 is 0 Å². The fraction of sp³-hybridized carbons (Fsp3) is 0.909. The molecule has 5 heteroatoms. The molecule has 0 aliphatic heterocycles. The van der Waals surface area contributed by atoms with Crippen molar-refractivity contribution in [2.24, 2.45) is 5.41 Å². The Balaban J connectivity index is 2.70. The molecule has 0 aromatic carbocycles. The van der Waals surface area contributed by atoms with Crippen molar-refractivity contribution < 1.29 is 0 Å². The van der Waals surface area contributed by atoms with Crippen LogP contribution in [0.2, 0.25) is 0 Å². The van der Waals surface area contributed by atoms with Crippen molar-refractivity contribution in [3.63, 3.8) is 0 Å². The van der Waals surface area contributed by atoms with Crippen LogP contribution in [0.4, 0.5) is 0 Å². The second-order valence-electron chi connectivity index (χ2n) is 5.26. The normalized spacial score (nSPS) is 14.1. The van der Waals surface area contributed by atoms with Gasteiger partial charge in [-0.05, 0) is 35.7 Å². The van der Waals surface area contributed by atoms with Crippen LogP contribution in [0.25, 0.3) is 0 Å². The highest BCUT2D eigenvalue weighted by Gasteiger charge is 2.24. The summed E-state index contributed by atoms with van der Waals surface area (Å²) in [5.74, 6) is 0.913. The summed E-state index contributed by atoms with van der Waals surface area (Å²) in [7, 11) is 0. The number of tetrazole rings is 1. The number of hydrogen-bond donors (Lipinski definition) is 1. The maximum absolute atomic E-state index is 4.08. The van der Waals surface area contributed by atoms with E-state index in [9.17, 15) is 0 Å². The molecule has 0 aliphatic carbocycles. The molecular formula is C11H23N5. The van der Waals surface area contributed by atoms with E-state index in [0.29, 0.717) is 6.04 Å². The van der Waals surface area contributed by atoms with Gasteiger partial charge in [0.1, 0.15) is 0 Å². The molecule has 1 rings (SSSR count). The zero-order valence-corrected chi connectivity index (χ0v) is 11.0. The van der Waals surface area contributed by atoms with Gasteiger partial charge in [0.15, 0.2) is 5.82 Å². The molecule has 0 saturated carbocycles. The maximum atomic E-state index is 4.08. The second-order valence-corrected chi connectivity index (χ2v) is 5.26. The van der Waals surface area contributed by atoms with Gasteiger partial charge in [-0.15, -0.1) is 5.10 Å². The SMILES string of the molecule is CCCNCc1nnnn1C(C)C(C)(C)C. The van der Waals surface area contributed by atoms with Crippen molar-refractivity contribution in [2.75, 3.05) is 6.54 Å². The summed E-state index contributed by atoms with van der Waals surface area (Å²) in [6, 6.07) is 0.293. The fourth-order valence-electron chi connectivity index (χ4n) is 1.37. The number of nitrogens with zero attached hydrogens (tertiary/aromatic N) is 4. The van der Waals surface area contributed by atoms with Crippen LogP contribution in [0.5, 0.6) is 0 Å². The fourth-order valence-corrected chi connectivity index (χ4v) is 1.37. The quantitative estimate of drug-likeness (QED) is 0.776. The highest BCUT2D eigenvalue weighted by molar-refractivity contribution is 4.86. The molecule has 0 fully saturated rings. The number of aromatic nitrogens is 4. The Morgan fingerprint density at radius 1 is 1.38 bits per heavy atom. The van der Waals surface area contributed by atoms with Crippen LogP contribution >= 0.6 is 0 Å². The molecular weight excluding hydrogens is 202 g/mol. The van der Waals surface area contributed by atoms with Gasteiger partial charge in [0, 0.05) is 0 Å². The van der Waals surface area contributed by atoms with Gasteiger partial charge in [-0.25, -0.2) is 4.68 Å². The van der Waals surface area contributed by atoms with Crippen molar-refractivity contribution in [2.45, 2.75) is 53.6 Å². The Labute approximate surface area is 97.6 Å². The van der Waals surface area contributed by atoms with Crippen LogP contribution in [0.1, 0.15) is 52.9 Å². The highest BCUT2D eigenvalue weighted by Crippen LogP contribution is 2.29. The van der Waals surface area contributed by atoms with Gasteiger partial charge >= 0.3 is 0 Å². The summed E-state index contributed by atoms with van der Waals surface area (Å²) in [6.45, 7) is 12.6. The van der Waals surface area contributed by atoms with E-state index < -0.39 is 0 Å². The van der Waals surface area contributed by atoms with Gasteiger partial charge in [0.25, 0.3) is 0 Å². The molecule has 1 N–H and O–H groups in total. The lowest BCUT2D eigenvalue weighted by Crippen LogP contribution is -2.26. The van der Waals surface area contributed by atoms with Gasteiger partial charge in [0.05, 0.1) is 12.6 Å². The smallest absolute Gasteiger partial charge is 0.165 e. The third-order valence-electron chi connectivity index (χ3n) is 2.89. The van der Waals surface area contributed by atoms with Crippen molar-refractivity contribution in [3.05, 3.63) is 5.82 Å². The van der Waals surface area contributed by atoms with Crippen LogP contribution in [-0.4, -0.2) is 26.8 Å². The minimum atomic E-state index is 0.162. The highest BCUT2D eigenvalue weighted by atomic mass is 15.6. The first-order chi connectivity index (χ1) is 7.46. The molecule has 1 atom stereocenters. The number of hydrogen-bond acceptors (Lipinski definition) is 4. The van der Waals surface area contributed by atoms with Crippen LogP contribution in [0.15, 0.2) is 0 Å². The van der Waals surface area contributed by atoms with Crippen LogP contribution in [0.3, 0.4) is 0 Å². The van der Waals surface area contributed by atoms with E-state index in [1.165, 1.54) is 0 Å². The Hall–Kier alpha value is -0.970. The van der Waals surface area contributed by atoms with Gasteiger partial charge in [-0.1, -0.05) is 27.7 Å². The zero-order valence-electron chi connectivity index (χ0n) is 11.0. The molecule has 0 radical (unpaired) electrons. The molecule has 1 unspecified atom stereocenters. The van der Waals surface area contributed by atoms with Gasteiger partial charge in [-0.2, -0.15) is 0 Å². The predicted molar refractivity (Wildman–Crippen MR) is 64.0 cm³/mol. The van der Waals surface area contributed by atoms with E-state index in [-0.39, 0.29) is 5.41 Å². The van der Waals surface area contributed by atoms with Crippen molar-refractivity contribution in [3.8, 4) is 0 Å². The third kappa shape index (κ3) is 3.27. The van der Waals surface area contributed by atoms with Gasteiger partial charge < -0.3 is 5.32 Å². The first-order valence-corrected chi connectivity index (χ1v) is 5.94. The minimum absolute atomic E-state index is 0.162. The summed E-state index contributed by atoms with van der Waals surface area (Å²) in [4.78, 5) is 0. The average Bonchev–Trinajstić information content (AvgIpc) is 2.64. The molecule has 0 aliphatic rings. The summed E-state index contributed by atoms with van der Waals surface area (Å²) in [5, 5.41) is 15.2. The largest absolute Gasteiger partial charge is 0.310 e. The molecule has 1 heterocycles. The molecule has 0 spiro atoms. The van der Waals surface area contributed by atoms with Crippen LogP contribution < -0.4 is 5.32 Å². The lowest BCUT2D eigenvalue weighted by atomic mass is 9.88. The zero-order chi connectivity index (χ0) is 12.2. The lowest BCUT2D eigenvalue weighted by molar-refractivity contribution is 0.235. The molecule has 0 amide bonds. The van der Waals surface area contributed by atoms with E-state index >= 15 is 0 Å². The lowest BCUT2D eigenvalue weighted by Gasteiger charge is -2.27. The Bertz CT molecular complexity index is 312. The van der Waals surface area contributed by atoms with Crippen LogP contribution in [-0.2, 0) is 6.54 Å². The van der Waals surface area contributed by atoms with E-state index in [2.05, 4.69) is 55.5 Å². The summed E-state index contributed by atoms with van der Waals surface area (Å²) in [5.41, 5.74) is 0.162. The second kappa shape index (κ2) is 5.39. The summed E-state index contributed by atoms with van der Waals surface area (Å²) < 4.78 is 1.92. The van der Waals surface area contributed by atoms with E-state index in [4.69, 9.17) is 0 Å². The molecule has 1 aromatic heterocycles. The van der Waals surface area contributed by atoms with E-state index in [1.807, 2.05) is 4.68 Å². The number of rotatable bonds is 5. The first kappa shape index (κ1) is 13.1. The topological polar surface area (TPSA) is 55.6 Å². The standard InChI is InChI=1S/C11H23N5/c1-6-7-12-8-10-13-14-15-16(10)9(2)11(3,4)5/h9,12H,6-8H2,1-5H3. The average molecular weight is 225 g/mol. The Morgan fingerprint density at radius 2 is 2.06 bits per heavy atom. The molecule has 92 valence electrons. The van der Waals surface area contributed by atoms with Crippen LogP contribution in [0, 0.1) is 5.41 Å². The molecule has 0 bridgehead atoms. The monoisotopic (exact) mass is 225 g/mol.